The first-order valence-electron chi connectivity index (χ1n) is 8.34. The van der Waals surface area contributed by atoms with Crippen molar-refractivity contribution in [1.82, 2.24) is 15.4 Å². The smallest absolute Gasteiger partial charge is 0.267 e. The van der Waals surface area contributed by atoms with Gasteiger partial charge >= 0.3 is 0 Å². The van der Waals surface area contributed by atoms with Gasteiger partial charge in [0.2, 0.25) is 0 Å². The van der Waals surface area contributed by atoms with Gasteiger partial charge in [0, 0.05) is 37.1 Å². The molecule has 2 amide bonds. The zero-order valence-electron chi connectivity index (χ0n) is 15.1. The van der Waals surface area contributed by atoms with E-state index in [9.17, 15) is 9.59 Å². The number of amides is 2. The van der Waals surface area contributed by atoms with Gasteiger partial charge in [-0.1, -0.05) is 38.1 Å². The third-order valence-corrected chi connectivity index (χ3v) is 3.92. The molecule has 136 valence electrons. The van der Waals surface area contributed by atoms with Crippen molar-refractivity contribution >= 4 is 17.9 Å². The zero-order chi connectivity index (χ0) is 19.1. The van der Waals surface area contributed by atoms with Crippen molar-refractivity contribution in [2.45, 2.75) is 26.3 Å². The highest BCUT2D eigenvalue weighted by molar-refractivity contribution is 5.99. The number of carbonyl (C=O) groups excluding carboxylic acids is 2. The van der Waals surface area contributed by atoms with Gasteiger partial charge in [0.15, 0.2) is 0 Å². The van der Waals surface area contributed by atoms with Crippen LogP contribution >= 0.6 is 0 Å². The first-order valence-corrected chi connectivity index (χ1v) is 8.34. The van der Waals surface area contributed by atoms with Crippen LogP contribution in [0.3, 0.4) is 0 Å². The SMILES string of the molecule is CC(C)c1ccc(CN(C)C(=O)c2ccccc2C=CC(=O)NO)cn1. The van der Waals surface area contributed by atoms with E-state index in [-0.39, 0.29) is 5.91 Å². The van der Waals surface area contributed by atoms with Gasteiger partial charge in [-0.25, -0.2) is 5.48 Å². The largest absolute Gasteiger partial charge is 0.337 e. The van der Waals surface area contributed by atoms with E-state index in [1.54, 1.807) is 42.4 Å². The molecule has 0 saturated heterocycles. The summed E-state index contributed by atoms with van der Waals surface area (Å²) in [5.41, 5.74) is 4.55. The van der Waals surface area contributed by atoms with Crippen molar-refractivity contribution in [3.63, 3.8) is 0 Å². The molecule has 1 aromatic heterocycles. The lowest BCUT2D eigenvalue weighted by atomic mass is 10.1. The van der Waals surface area contributed by atoms with Crippen LogP contribution in [0.4, 0.5) is 0 Å². The van der Waals surface area contributed by atoms with Crippen molar-refractivity contribution in [3.8, 4) is 0 Å². The molecule has 0 spiro atoms. The van der Waals surface area contributed by atoms with E-state index >= 15 is 0 Å². The van der Waals surface area contributed by atoms with Gasteiger partial charge in [0.25, 0.3) is 11.8 Å². The lowest BCUT2D eigenvalue weighted by molar-refractivity contribution is -0.124. The molecule has 0 radical (unpaired) electrons. The first kappa shape index (κ1) is 19.3. The van der Waals surface area contributed by atoms with Gasteiger partial charge in [-0.3, -0.25) is 19.8 Å². The maximum absolute atomic E-state index is 12.8. The third kappa shape index (κ3) is 5.00. The number of aromatic nitrogens is 1. The summed E-state index contributed by atoms with van der Waals surface area (Å²) in [6.45, 7) is 4.59. The number of hydrogen-bond donors (Lipinski definition) is 2. The Hall–Kier alpha value is -2.99. The number of pyridine rings is 1. The van der Waals surface area contributed by atoms with E-state index in [0.29, 0.717) is 23.6 Å². The van der Waals surface area contributed by atoms with Crippen LogP contribution in [0.5, 0.6) is 0 Å². The average Bonchev–Trinajstić information content (AvgIpc) is 2.66. The quantitative estimate of drug-likeness (QED) is 0.475. The normalized spacial score (nSPS) is 11.0. The van der Waals surface area contributed by atoms with Crippen LogP contribution in [0.15, 0.2) is 48.7 Å². The Morgan fingerprint density at radius 1 is 1.23 bits per heavy atom. The number of nitrogens with one attached hydrogen (secondary N) is 1. The van der Waals surface area contributed by atoms with E-state index in [1.807, 2.05) is 12.1 Å². The fourth-order valence-corrected chi connectivity index (χ4v) is 2.46. The predicted molar refractivity (Wildman–Crippen MR) is 99.5 cm³/mol. The number of benzene rings is 1. The maximum Gasteiger partial charge on any atom is 0.267 e. The number of carbonyl (C=O) groups is 2. The Morgan fingerprint density at radius 2 is 1.96 bits per heavy atom. The molecule has 0 bridgehead atoms. The molecule has 26 heavy (non-hydrogen) atoms. The van der Waals surface area contributed by atoms with Crippen LogP contribution in [-0.4, -0.2) is 34.0 Å². The van der Waals surface area contributed by atoms with E-state index in [1.165, 1.54) is 17.6 Å². The van der Waals surface area contributed by atoms with Crippen LogP contribution in [-0.2, 0) is 11.3 Å². The molecule has 1 heterocycles. The molecule has 1 aromatic carbocycles. The summed E-state index contributed by atoms with van der Waals surface area (Å²) >= 11 is 0. The van der Waals surface area contributed by atoms with Crippen LogP contribution in [0, 0.1) is 0 Å². The summed E-state index contributed by atoms with van der Waals surface area (Å²) in [5.74, 6) is -0.460. The summed E-state index contributed by atoms with van der Waals surface area (Å²) in [4.78, 5) is 30.0. The molecular weight excluding hydrogens is 330 g/mol. The second-order valence-corrected chi connectivity index (χ2v) is 6.30. The Balaban J connectivity index is 2.15. The summed E-state index contributed by atoms with van der Waals surface area (Å²) in [6.07, 6.45) is 4.45. The first-order chi connectivity index (χ1) is 12.4. The monoisotopic (exact) mass is 353 g/mol. The summed E-state index contributed by atoms with van der Waals surface area (Å²) < 4.78 is 0. The second kappa shape index (κ2) is 8.92. The minimum atomic E-state index is -0.656. The summed E-state index contributed by atoms with van der Waals surface area (Å²) in [7, 11) is 1.72. The fourth-order valence-electron chi connectivity index (χ4n) is 2.46. The molecule has 6 heteroatoms. The molecule has 0 fully saturated rings. The van der Waals surface area contributed by atoms with E-state index in [0.717, 1.165) is 11.3 Å². The van der Waals surface area contributed by atoms with Gasteiger partial charge in [0.1, 0.15) is 0 Å². The van der Waals surface area contributed by atoms with Crippen molar-refractivity contribution in [1.29, 1.82) is 0 Å². The lowest BCUT2D eigenvalue weighted by Crippen LogP contribution is -2.27. The van der Waals surface area contributed by atoms with E-state index < -0.39 is 5.91 Å². The Morgan fingerprint density at radius 3 is 2.58 bits per heavy atom. The Kier molecular flexibility index (Phi) is 6.63. The van der Waals surface area contributed by atoms with Gasteiger partial charge in [-0.05, 0) is 35.3 Å². The van der Waals surface area contributed by atoms with E-state index in [2.05, 4.69) is 18.8 Å². The van der Waals surface area contributed by atoms with Crippen molar-refractivity contribution in [3.05, 3.63) is 71.1 Å². The van der Waals surface area contributed by atoms with Crippen LogP contribution in [0.25, 0.3) is 6.08 Å². The Bertz CT molecular complexity index is 798. The molecule has 0 saturated carbocycles. The Labute approximate surface area is 153 Å². The zero-order valence-corrected chi connectivity index (χ0v) is 15.1. The number of rotatable bonds is 6. The molecule has 0 atom stereocenters. The van der Waals surface area contributed by atoms with Crippen molar-refractivity contribution in [2.75, 3.05) is 7.05 Å². The molecule has 0 aliphatic rings. The highest BCUT2D eigenvalue weighted by Gasteiger charge is 2.15. The molecule has 2 rings (SSSR count). The highest BCUT2D eigenvalue weighted by atomic mass is 16.5. The topological polar surface area (TPSA) is 82.5 Å². The van der Waals surface area contributed by atoms with Crippen LogP contribution < -0.4 is 5.48 Å². The highest BCUT2D eigenvalue weighted by Crippen LogP contribution is 2.16. The molecule has 0 unspecified atom stereocenters. The molecule has 2 N–H and O–H groups in total. The molecule has 0 aliphatic heterocycles. The van der Waals surface area contributed by atoms with E-state index in [4.69, 9.17) is 5.21 Å². The van der Waals surface area contributed by atoms with Gasteiger partial charge in [0.05, 0.1) is 0 Å². The molecular formula is C20H23N3O3. The maximum atomic E-state index is 12.8. The second-order valence-electron chi connectivity index (χ2n) is 6.30. The summed E-state index contributed by atoms with van der Waals surface area (Å²) in [5, 5.41) is 8.57. The van der Waals surface area contributed by atoms with Crippen molar-refractivity contribution < 1.29 is 14.8 Å². The predicted octanol–water partition coefficient (Wildman–Crippen LogP) is 3.00. The lowest BCUT2D eigenvalue weighted by Gasteiger charge is -2.18. The third-order valence-electron chi connectivity index (χ3n) is 3.92. The fraction of sp³-hybridized carbons (Fsp3) is 0.250. The summed E-state index contributed by atoms with van der Waals surface area (Å²) in [6, 6.07) is 10.9. The standard InChI is InChI=1S/C20H23N3O3/c1-14(2)18-10-8-15(12-21-18)13-23(3)20(25)17-7-5-4-6-16(17)9-11-19(24)22-26/h4-12,14,26H,13H2,1-3H3,(H,22,24). The van der Waals surface area contributed by atoms with Crippen molar-refractivity contribution in [2.24, 2.45) is 0 Å². The molecule has 0 aliphatic carbocycles. The minimum Gasteiger partial charge on any atom is -0.337 e. The molecule has 6 nitrogen and oxygen atoms in total. The minimum absolute atomic E-state index is 0.164. The molecule has 2 aromatic rings. The van der Waals surface area contributed by atoms with Crippen LogP contribution in [0.2, 0.25) is 0 Å². The van der Waals surface area contributed by atoms with Gasteiger partial charge in [-0.2, -0.15) is 0 Å². The van der Waals surface area contributed by atoms with Crippen LogP contribution in [0.1, 0.15) is 46.9 Å². The number of hydroxylamine groups is 1. The average molecular weight is 353 g/mol. The number of nitrogens with zero attached hydrogens (tertiary/aromatic N) is 2. The van der Waals surface area contributed by atoms with Gasteiger partial charge in [-0.15, -0.1) is 0 Å². The van der Waals surface area contributed by atoms with Gasteiger partial charge < -0.3 is 4.90 Å². The number of hydrogen-bond acceptors (Lipinski definition) is 4.